The van der Waals surface area contributed by atoms with Gasteiger partial charge in [-0.3, -0.25) is 23.7 Å². The summed E-state index contributed by atoms with van der Waals surface area (Å²) in [6.07, 6.45) is 0.986. The van der Waals surface area contributed by atoms with Crippen LogP contribution < -0.4 is 20.1 Å². The van der Waals surface area contributed by atoms with Crippen LogP contribution in [-0.4, -0.2) is 60.4 Å². The van der Waals surface area contributed by atoms with Crippen LogP contribution in [0, 0.1) is 32.0 Å². The van der Waals surface area contributed by atoms with Crippen LogP contribution >= 0.6 is 27.5 Å². The van der Waals surface area contributed by atoms with Crippen molar-refractivity contribution >= 4 is 72.8 Å². The summed E-state index contributed by atoms with van der Waals surface area (Å²) in [7, 11) is 3.13. The second-order valence-corrected chi connectivity index (χ2v) is 17.1. The number of Topliss-reactive ketones (excluding diaryl/α,β-unsaturated/α-hetero) is 1. The number of H-pyrrole nitrogens is 1. The van der Waals surface area contributed by atoms with Gasteiger partial charge in [-0.25, -0.2) is 4.39 Å². The third-order valence-corrected chi connectivity index (χ3v) is 11.0. The second-order valence-electron chi connectivity index (χ2n) is 15.8. The van der Waals surface area contributed by atoms with E-state index in [4.69, 9.17) is 21.1 Å². The smallest absolute Gasteiger partial charge is 0.263 e. The van der Waals surface area contributed by atoms with Gasteiger partial charge in [-0.15, -0.1) is 0 Å². The first-order valence-electron chi connectivity index (χ1n) is 19.5. The molecular weight excluding hydrogens is 851 g/mol. The van der Waals surface area contributed by atoms with E-state index >= 15 is 0 Å². The van der Waals surface area contributed by atoms with Crippen molar-refractivity contribution < 1.29 is 33.0 Å². The molecule has 0 aliphatic heterocycles. The molecule has 0 saturated carbocycles. The van der Waals surface area contributed by atoms with E-state index in [-0.39, 0.29) is 23.5 Å². The summed E-state index contributed by atoms with van der Waals surface area (Å²) in [5, 5.41) is 7.77. The Balaban J connectivity index is 0.000000247. The largest absolute Gasteiger partial charge is 0.496 e. The number of carbonyl (C=O) groups excluding carboxylic acids is 4. The minimum absolute atomic E-state index is 0.0200. The highest BCUT2D eigenvalue weighted by Crippen LogP contribution is 2.41. The highest BCUT2D eigenvalue weighted by atomic mass is 79.9. The Labute approximate surface area is 363 Å². The van der Waals surface area contributed by atoms with Crippen molar-refractivity contribution in [2.45, 2.75) is 68.2 Å². The maximum atomic E-state index is 14.4. The fourth-order valence-corrected chi connectivity index (χ4v) is 8.24. The Kier molecular flexibility index (Phi) is 14.3. The number of aromatic amines is 1. The van der Waals surface area contributed by atoms with E-state index in [0.29, 0.717) is 75.0 Å². The summed E-state index contributed by atoms with van der Waals surface area (Å²) >= 11 is 9.76. The van der Waals surface area contributed by atoms with Crippen molar-refractivity contribution in [1.29, 1.82) is 0 Å². The molecule has 2 aromatic heterocycles. The van der Waals surface area contributed by atoms with E-state index < -0.39 is 11.2 Å². The Morgan fingerprint density at radius 1 is 0.817 bits per heavy atom. The molecule has 0 unspecified atom stereocenters. The highest BCUT2D eigenvalue weighted by molar-refractivity contribution is 9.10. The molecule has 6 rings (SSSR count). The standard InChI is InChI=1S/C29H28BrFN2O3.C18H23ClN2O3/c1-16-11-17(2)27(18(3)12-16)29(35)33-25-15-24(30)26(36-5)14-23(25)22(9-10-32-19(4)34)28(33)20-7-6-8-21(31)13-20;1-10(22)20-7-6-11-12-8-15(24-5)13(19)9-14(12)21-16(11)17(23)18(2,3)4/h6-8,11-15H,9-10H2,1-5H3,(H,32,34);8-9,21H,6-7H2,1-5H3,(H,20,22). The van der Waals surface area contributed by atoms with Gasteiger partial charge in [0.2, 0.25) is 11.8 Å². The molecule has 60 heavy (non-hydrogen) atoms. The summed E-state index contributed by atoms with van der Waals surface area (Å²) in [4.78, 5) is 53.0. The fourth-order valence-electron chi connectivity index (χ4n) is 7.50. The number of amides is 2. The normalized spacial score (nSPS) is 11.3. The number of methoxy groups -OCH3 is 2. The summed E-state index contributed by atoms with van der Waals surface area (Å²) in [6.45, 7) is 15.3. The molecule has 0 spiro atoms. The molecule has 4 aromatic carbocycles. The lowest BCUT2D eigenvalue weighted by Crippen LogP contribution is -2.25. The van der Waals surface area contributed by atoms with Gasteiger partial charge in [0.1, 0.15) is 17.3 Å². The first kappa shape index (κ1) is 45.6. The monoisotopic (exact) mass is 900 g/mol. The van der Waals surface area contributed by atoms with Crippen molar-refractivity contribution in [3.63, 3.8) is 0 Å². The molecule has 0 aliphatic carbocycles. The van der Waals surface area contributed by atoms with Crippen molar-refractivity contribution in [3.05, 3.63) is 115 Å². The number of aryl methyl sites for hydroxylation is 3. The number of aromatic nitrogens is 2. The van der Waals surface area contributed by atoms with Gasteiger partial charge in [0.15, 0.2) is 5.78 Å². The summed E-state index contributed by atoms with van der Waals surface area (Å²) < 4.78 is 27.6. The zero-order valence-electron chi connectivity index (χ0n) is 35.6. The maximum absolute atomic E-state index is 14.4. The zero-order valence-corrected chi connectivity index (χ0v) is 38.0. The summed E-state index contributed by atoms with van der Waals surface area (Å²) in [5.41, 5.74) is 7.80. The van der Waals surface area contributed by atoms with Crippen molar-refractivity contribution in [2.24, 2.45) is 5.41 Å². The van der Waals surface area contributed by atoms with Crippen LogP contribution in [-0.2, 0) is 22.4 Å². The predicted molar refractivity (Wildman–Crippen MR) is 240 cm³/mol. The lowest BCUT2D eigenvalue weighted by Gasteiger charge is -2.17. The van der Waals surface area contributed by atoms with E-state index in [1.165, 1.54) is 26.0 Å². The number of halogens is 3. The Hall–Kier alpha value is -5.46. The van der Waals surface area contributed by atoms with Crippen LogP contribution in [0.25, 0.3) is 33.1 Å². The fraction of sp³-hybridized carbons (Fsp3) is 0.319. The van der Waals surface area contributed by atoms with E-state index in [1.54, 1.807) is 37.0 Å². The maximum Gasteiger partial charge on any atom is 0.263 e. The van der Waals surface area contributed by atoms with E-state index in [2.05, 4.69) is 31.5 Å². The number of benzene rings is 4. The molecule has 0 bridgehead atoms. The lowest BCUT2D eigenvalue weighted by atomic mass is 9.87. The Morgan fingerprint density at radius 2 is 1.40 bits per heavy atom. The number of hydrogen-bond acceptors (Lipinski definition) is 6. The van der Waals surface area contributed by atoms with Gasteiger partial charge in [-0.05, 0) is 108 Å². The second kappa shape index (κ2) is 18.9. The molecule has 10 nitrogen and oxygen atoms in total. The minimum Gasteiger partial charge on any atom is -0.496 e. The third kappa shape index (κ3) is 9.93. The van der Waals surface area contributed by atoms with Crippen LogP contribution in [0.5, 0.6) is 11.5 Å². The van der Waals surface area contributed by atoms with Gasteiger partial charge in [-0.2, -0.15) is 0 Å². The van der Waals surface area contributed by atoms with Crippen molar-refractivity contribution in [3.8, 4) is 22.8 Å². The Bertz CT molecular complexity index is 2620. The van der Waals surface area contributed by atoms with Crippen LogP contribution in [0.1, 0.15) is 83.3 Å². The summed E-state index contributed by atoms with van der Waals surface area (Å²) in [6, 6.07) is 17.5. The number of rotatable bonds is 11. The first-order chi connectivity index (χ1) is 28.3. The lowest BCUT2D eigenvalue weighted by molar-refractivity contribution is -0.119. The molecule has 6 aromatic rings. The Morgan fingerprint density at radius 3 is 1.95 bits per heavy atom. The molecule has 0 fully saturated rings. The number of hydrogen-bond donors (Lipinski definition) is 3. The molecule has 13 heteroatoms. The molecule has 3 N–H and O–H groups in total. The van der Waals surface area contributed by atoms with E-state index in [1.807, 2.05) is 71.9 Å². The van der Waals surface area contributed by atoms with Gasteiger partial charge in [0.05, 0.1) is 40.6 Å². The number of nitrogens with one attached hydrogen (secondary N) is 3. The highest BCUT2D eigenvalue weighted by Gasteiger charge is 2.29. The van der Waals surface area contributed by atoms with Gasteiger partial charge in [-0.1, -0.05) is 62.2 Å². The van der Waals surface area contributed by atoms with Gasteiger partial charge >= 0.3 is 0 Å². The van der Waals surface area contributed by atoms with Crippen LogP contribution in [0.3, 0.4) is 0 Å². The third-order valence-electron chi connectivity index (χ3n) is 10.1. The first-order valence-corrected chi connectivity index (χ1v) is 20.6. The zero-order chi connectivity index (χ0) is 44.2. The molecule has 316 valence electrons. The average Bonchev–Trinajstić information content (AvgIpc) is 3.66. The number of ketones is 1. The minimum atomic E-state index is -0.516. The summed E-state index contributed by atoms with van der Waals surface area (Å²) in [5.74, 6) is 0.349. The van der Waals surface area contributed by atoms with Crippen molar-refractivity contribution in [1.82, 2.24) is 20.2 Å². The molecule has 0 radical (unpaired) electrons. The van der Waals surface area contributed by atoms with E-state index in [0.717, 1.165) is 44.1 Å². The topological polar surface area (TPSA) is 132 Å². The number of fused-ring (bicyclic) bond motifs is 2. The van der Waals surface area contributed by atoms with E-state index in [9.17, 15) is 23.6 Å². The average molecular weight is 902 g/mol. The molecule has 0 atom stereocenters. The SMILES string of the molecule is COc1cc2c(CCNC(C)=O)c(-c3cccc(F)c3)n(C(=O)c3c(C)cc(C)cc3C)c2cc1Br.COc1cc2c(CCNC(C)=O)c(C(=O)C(C)(C)C)[nH]c2cc1Cl. The van der Waals surface area contributed by atoms with Crippen LogP contribution in [0.15, 0.2) is 65.1 Å². The van der Waals surface area contributed by atoms with Gasteiger partial charge in [0.25, 0.3) is 5.91 Å². The molecule has 2 amide bonds. The quantitative estimate of drug-likeness (QED) is 0.111. The molecule has 2 heterocycles. The molecule has 0 aliphatic rings. The van der Waals surface area contributed by atoms with Gasteiger partial charge in [0, 0.05) is 59.8 Å². The van der Waals surface area contributed by atoms with Crippen molar-refractivity contribution in [2.75, 3.05) is 27.3 Å². The number of ether oxygens (including phenoxy) is 2. The number of nitrogens with zero attached hydrogens (tertiary/aromatic N) is 1. The van der Waals surface area contributed by atoms with Gasteiger partial charge < -0.3 is 25.1 Å². The molecule has 0 saturated heterocycles. The van der Waals surface area contributed by atoms with Crippen LogP contribution in [0.2, 0.25) is 5.02 Å². The number of carbonyl (C=O) groups is 4. The van der Waals surface area contributed by atoms with Crippen LogP contribution in [0.4, 0.5) is 4.39 Å². The predicted octanol–water partition coefficient (Wildman–Crippen LogP) is 10.2. The molecular formula is C47H51BrClFN4O6.